The lowest BCUT2D eigenvalue weighted by molar-refractivity contribution is 0.0954. The molecule has 1 N–H and O–H groups in total. The molecule has 4 heteroatoms. The number of hydrogen-bond acceptors (Lipinski definition) is 2. The van der Waals surface area contributed by atoms with Gasteiger partial charge in [0.05, 0.1) is 6.33 Å². The van der Waals surface area contributed by atoms with Crippen LogP contribution in [0, 0.1) is 0 Å². The largest absolute Gasteiger partial charge is 0.352 e. The molecular formula is C22H19N3O. The Bertz CT molecular complexity index is 1040. The van der Waals surface area contributed by atoms with Crippen molar-refractivity contribution in [2.45, 2.75) is 6.42 Å². The van der Waals surface area contributed by atoms with Crippen molar-refractivity contribution in [2.24, 2.45) is 0 Å². The first-order valence-electron chi connectivity index (χ1n) is 8.64. The van der Waals surface area contributed by atoms with Crippen LogP contribution in [-0.4, -0.2) is 22.0 Å². The molecule has 1 amide bonds. The topological polar surface area (TPSA) is 46.9 Å². The number of aromatic nitrogens is 2. The van der Waals surface area contributed by atoms with E-state index in [1.54, 1.807) is 12.5 Å². The predicted octanol–water partition coefficient (Wildman–Crippen LogP) is 4.00. The number of nitrogens with zero attached hydrogens (tertiary/aromatic N) is 2. The Morgan fingerprint density at radius 3 is 2.62 bits per heavy atom. The minimum atomic E-state index is -0.0455. The lowest BCUT2D eigenvalue weighted by Gasteiger charge is -2.11. The van der Waals surface area contributed by atoms with Crippen molar-refractivity contribution in [1.82, 2.24) is 14.9 Å². The summed E-state index contributed by atoms with van der Waals surface area (Å²) in [7, 11) is 0. The van der Waals surface area contributed by atoms with E-state index < -0.39 is 0 Å². The number of carbonyl (C=O) groups is 1. The van der Waals surface area contributed by atoms with Gasteiger partial charge in [-0.15, -0.1) is 0 Å². The SMILES string of the molecule is O=C(NCCc1ccccc1-n1ccnc1)c1ccc2ccccc2c1. The van der Waals surface area contributed by atoms with Gasteiger partial charge in [0, 0.05) is 30.2 Å². The smallest absolute Gasteiger partial charge is 0.251 e. The summed E-state index contributed by atoms with van der Waals surface area (Å²) in [5.74, 6) is -0.0455. The number of rotatable bonds is 5. The summed E-state index contributed by atoms with van der Waals surface area (Å²) in [6.07, 6.45) is 6.23. The van der Waals surface area contributed by atoms with E-state index in [1.165, 1.54) is 5.56 Å². The number of benzene rings is 3. The van der Waals surface area contributed by atoms with Gasteiger partial charge in [-0.3, -0.25) is 4.79 Å². The molecule has 0 atom stereocenters. The normalized spacial score (nSPS) is 10.8. The molecule has 0 saturated heterocycles. The van der Waals surface area contributed by atoms with Crippen molar-refractivity contribution >= 4 is 16.7 Å². The number of imidazole rings is 1. The highest BCUT2D eigenvalue weighted by Crippen LogP contribution is 2.16. The van der Waals surface area contributed by atoms with Crippen LogP contribution in [0.5, 0.6) is 0 Å². The Kier molecular flexibility index (Phi) is 4.48. The predicted molar refractivity (Wildman–Crippen MR) is 104 cm³/mol. The van der Waals surface area contributed by atoms with Crippen molar-refractivity contribution in [3.63, 3.8) is 0 Å². The fraction of sp³-hybridized carbons (Fsp3) is 0.0909. The van der Waals surface area contributed by atoms with Gasteiger partial charge in [0.2, 0.25) is 0 Å². The monoisotopic (exact) mass is 341 g/mol. The molecule has 0 spiro atoms. The molecular weight excluding hydrogens is 322 g/mol. The first-order chi connectivity index (χ1) is 12.8. The Morgan fingerprint density at radius 2 is 1.77 bits per heavy atom. The van der Waals surface area contributed by atoms with Crippen LogP contribution in [0.1, 0.15) is 15.9 Å². The molecule has 0 fully saturated rings. The molecule has 4 rings (SSSR count). The summed E-state index contributed by atoms with van der Waals surface area (Å²) in [5.41, 5.74) is 2.95. The van der Waals surface area contributed by atoms with E-state index in [2.05, 4.69) is 22.4 Å². The Labute approximate surface area is 152 Å². The minimum absolute atomic E-state index is 0.0455. The maximum Gasteiger partial charge on any atom is 0.251 e. The van der Waals surface area contributed by atoms with Crippen molar-refractivity contribution in [3.8, 4) is 5.69 Å². The van der Waals surface area contributed by atoms with Gasteiger partial charge in [-0.05, 0) is 41.0 Å². The van der Waals surface area contributed by atoms with Crippen LogP contribution >= 0.6 is 0 Å². The summed E-state index contributed by atoms with van der Waals surface area (Å²) in [6, 6.07) is 22.0. The second-order valence-corrected chi connectivity index (χ2v) is 6.17. The Hall–Kier alpha value is -3.40. The number of carbonyl (C=O) groups excluding carboxylic acids is 1. The molecule has 4 nitrogen and oxygen atoms in total. The first-order valence-corrected chi connectivity index (χ1v) is 8.64. The van der Waals surface area contributed by atoms with Crippen molar-refractivity contribution in [1.29, 1.82) is 0 Å². The number of amides is 1. The first kappa shape index (κ1) is 16.1. The molecule has 1 aromatic heterocycles. The fourth-order valence-electron chi connectivity index (χ4n) is 3.12. The zero-order valence-corrected chi connectivity index (χ0v) is 14.3. The molecule has 0 aliphatic heterocycles. The number of fused-ring (bicyclic) bond motifs is 1. The third kappa shape index (κ3) is 3.35. The second kappa shape index (κ2) is 7.23. The van der Waals surface area contributed by atoms with Crippen LogP contribution in [0.15, 0.2) is 85.5 Å². The molecule has 0 radical (unpaired) electrons. The summed E-state index contributed by atoms with van der Waals surface area (Å²) < 4.78 is 1.99. The second-order valence-electron chi connectivity index (χ2n) is 6.17. The van der Waals surface area contributed by atoms with Gasteiger partial charge in [0.1, 0.15) is 0 Å². The molecule has 4 aromatic rings. The van der Waals surface area contributed by atoms with Crippen molar-refractivity contribution in [2.75, 3.05) is 6.54 Å². The summed E-state index contributed by atoms with van der Waals surface area (Å²) >= 11 is 0. The lowest BCUT2D eigenvalue weighted by atomic mass is 10.1. The minimum Gasteiger partial charge on any atom is -0.352 e. The van der Waals surface area contributed by atoms with Crippen LogP contribution in [0.4, 0.5) is 0 Å². The molecule has 3 aromatic carbocycles. The van der Waals surface area contributed by atoms with E-state index in [9.17, 15) is 4.79 Å². The van der Waals surface area contributed by atoms with E-state index in [0.717, 1.165) is 22.9 Å². The van der Waals surface area contributed by atoms with E-state index in [-0.39, 0.29) is 5.91 Å². The molecule has 1 heterocycles. The molecule has 0 unspecified atom stereocenters. The van der Waals surface area contributed by atoms with Crippen LogP contribution in [0.2, 0.25) is 0 Å². The summed E-state index contributed by atoms with van der Waals surface area (Å²) in [5, 5.41) is 5.23. The molecule has 0 aliphatic rings. The third-order valence-electron chi connectivity index (χ3n) is 4.47. The van der Waals surface area contributed by atoms with Gasteiger partial charge in [-0.2, -0.15) is 0 Å². The number of nitrogens with one attached hydrogen (secondary N) is 1. The van der Waals surface area contributed by atoms with E-state index >= 15 is 0 Å². The number of para-hydroxylation sites is 1. The molecule has 0 aliphatic carbocycles. The highest BCUT2D eigenvalue weighted by molar-refractivity contribution is 5.98. The average Bonchev–Trinajstić information content (AvgIpc) is 3.22. The number of hydrogen-bond donors (Lipinski definition) is 1. The van der Waals surface area contributed by atoms with E-state index in [1.807, 2.05) is 65.4 Å². The standard InChI is InChI=1S/C22H19N3O/c26-22(20-10-9-17-5-1-2-7-19(17)15-20)24-12-11-18-6-3-4-8-21(18)25-14-13-23-16-25/h1-10,13-16H,11-12H2,(H,24,26). The maximum absolute atomic E-state index is 12.5. The van der Waals surface area contributed by atoms with E-state index in [4.69, 9.17) is 0 Å². The van der Waals surface area contributed by atoms with Crippen molar-refractivity contribution < 1.29 is 4.79 Å². The van der Waals surface area contributed by atoms with Gasteiger partial charge < -0.3 is 9.88 Å². The van der Waals surface area contributed by atoms with Crippen LogP contribution in [0.3, 0.4) is 0 Å². The average molecular weight is 341 g/mol. The van der Waals surface area contributed by atoms with Gasteiger partial charge in [-0.1, -0.05) is 48.5 Å². The quantitative estimate of drug-likeness (QED) is 0.596. The highest BCUT2D eigenvalue weighted by Gasteiger charge is 2.08. The van der Waals surface area contributed by atoms with Crippen LogP contribution < -0.4 is 5.32 Å². The Balaban J connectivity index is 1.44. The zero-order valence-electron chi connectivity index (χ0n) is 14.3. The lowest BCUT2D eigenvalue weighted by Crippen LogP contribution is -2.25. The maximum atomic E-state index is 12.5. The third-order valence-corrected chi connectivity index (χ3v) is 4.47. The van der Waals surface area contributed by atoms with Crippen LogP contribution in [-0.2, 0) is 6.42 Å². The van der Waals surface area contributed by atoms with Gasteiger partial charge in [-0.25, -0.2) is 4.98 Å². The molecule has 0 saturated carbocycles. The summed E-state index contributed by atoms with van der Waals surface area (Å²) in [6.45, 7) is 0.581. The molecule has 26 heavy (non-hydrogen) atoms. The van der Waals surface area contributed by atoms with E-state index in [0.29, 0.717) is 12.1 Å². The van der Waals surface area contributed by atoms with Gasteiger partial charge in [0.25, 0.3) is 5.91 Å². The van der Waals surface area contributed by atoms with Crippen LogP contribution in [0.25, 0.3) is 16.5 Å². The van der Waals surface area contributed by atoms with Gasteiger partial charge in [0.15, 0.2) is 0 Å². The molecule has 0 bridgehead atoms. The Morgan fingerprint density at radius 1 is 0.962 bits per heavy atom. The zero-order chi connectivity index (χ0) is 17.8. The molecule has 128 valence electrons. The van der Waals surface area contributed by atoms with Crippen molar-refractivity contribution in [3.05, 3.63) is 96.6 Å². The highest BCUT2D eigenvalue weighted by atomic mass is 16.1. The summed E-state index contributed by atoms with van der Waals surface area (Å²) in [4.78, 5) is 16.6. The van der Waals surface area contributed by atoms with Gasteiger partial charge >= 0.3 is 0 Å². The fourth-order valence-corrected chi connectivity index (χ4v) is 3.12.